The molecule has 0 aromatic heterocycles. The number of hydrogen-bond donors (Lipinski definition) is 2. The average molecular weight is 335 g/mol. The molecule has 0 aliphatic heterocycles. The first-order valence-corrected chi connectivity index (χ1v) is 7.71. The molecule has 0 saturated heterocycles. The summed E-state index contributed by atoms with van der Waals surface area (Å²) in [6.07, 6.45) is 0. The largest absolute Gasteiger partial charge is 0.496 e. The maximum absolute atomic E-state index is 12.7. The van der Waals surface area contributed by atoms with Gasteiger partial charge >= 0.3 is 5.97 Å². The predicted molar refractivity (Wildman–Crippen MR) is 96.6 cm³/mol. The van der Waals surface area contributed by atoms with Crippen LogP contribution >= 0.6 is 0 Å². The van der Waals surface area contributed by atoms with Gasteiger partial charge in [-0.05, 0) is 47.5 Å². The van der Waals surface area contributed by atoms with Gasteiger partial charge in [0.05, 0.1) is 18.2 Å². The predicted octanol–water partition coefficient (Wildman–Crippen LogP) is 4.11. The Labute approximate surface area is 144 Å². The van der Waals surface area contributed by atoms with E-state index >= 15 is 0 Å². The van der Waals surface area contributed by atoms with Crippen molar-refractivity contribution in [1.82, 2.24) is 0 Å². The number of carboxylic acids is 1. The monoisotopic (exact) mass is 335 g/mol. The molecule has 0 saturated carbocycles. The molecule has 3 aromatic rings. The normalized spacial score (nSPS) is 10.5. The van der Waals surface area contributed by atoms with Crippen molar-refractivity contribution in [1.29, 1.82) is 0 Å². The molecule has 3 rings (SSSR count). The molecule has 0 aliphatic carbocycles. The van der Waals surface area contributed by atoms with Gasteiger partial charge in [-0.3, -0.25) is 4.79 Å². The van der Waals surface area contributed by atoms with Gasteiger partial charge in [-0.1, -0.05) is 30.3 Å². The molecular formula is C20H17NO4. The van der Waals surface area contributed by atoms with Crippen molar-refractivity contribution in [3.8, 4) is 5.75 Å². The molecule has 0 unspecified atom stereocenters. The maximum Gasteiger partial charge on any atom is 0.335 e. The summed E-state index contributed by atoms with van der Waals surface area (Å²) < 4.78 is 5.35. The van der Waals surface area contributed by atoms with E-state index in [4.69, 9.17) is 9.84 Å². The molecule has 5 heteroatoms. The lowest BCUT2D eigenvalue weighted by molar-refractivity contribution is 0.0696. The van der Waals surface area contributed by atoms with Gasteiger partial charge < -0.3 is 15.2 Å². The van der Waals surface area contributed by atoms with Crippen LogP contribution < -0.4 is 10.1 Å². The molecule has 5 nitrogen and oxygen atoms in total. The summed E-state index contributed by atoms with van der Waals surface area (Å²) in [6.45, 7) is 1.80. The molecule has 126 valence electrons. The summed E-state index contributed by atoms with van der Waals surface area (Å²) in [6, 6.07) is 15.9. The van der Waals surface area contributed by atoms with Crippen molar-refractivity contribution in [2.45, 2.75) is 6.92 Å². The highest BCUT2D eigenvalue weighted by Gasteiger charge is 2.16. The fourth-order valence-electron chi connectivity index (χ4n) is 2.65. The van der Waals surface area contributed by atoms with Gasteiger partial charge in [-0.2, -0.15) is 0 Å². The number of fused-ring (bicyclic) bond motifs is 1. The summed E-state index contributed by atoms with van der Waals surface area (Å²) in [4.78, 5) is 23.9. The molecule has 25 heavy (non-hydrogen) atoms. The number of aromatic carboxylic acids is 1. The molecule has 0 fully saturated rings. The molecule has 0 aliphatic rings. The van der Waals surface area contributed by atoms with Crippen molar-refractivity contribution in [3.63, 3.8) is 0 Å². The van der Waals surface area contributed by atoms with Crippen LogP contribution in [0.15, 0.2) is 54.6 Å². The summed E-state index contributed by atoms with van der Waals surface area (Å²) in [7, 11) is 1.51. The minimum atomic E-state index is -1.04. The summed E-state index contributed by atoms with van der Waals surface area (Å²) in [5, 5.41) is 13.8. The first-order chi connectivity index (χ1) is 12.0. The second kappa shape index (κ2) is 6.65. The number of methoxy groups -OCH3 is 1. The zero-order chi connectivity index (χ0) is 18.0. The zero-order valence-corrected chi connectivity index (χ0v) is 13.9. The Bertz CT molecular complexity index is 979. The van der Waals surface area contributed by atoms with E-state index in [0.29, 0.717) is 17.0 Å². The van der Waals surface area contributed by atoms with E-state index in [1.54, 1.807) is 19.1 Å². The highest BCUT2D eigenvalue weighted by atomic mass is 16.5. The van der Waals surface area contributed by atoms with Crippen LogP contribution in [0, 0.1) is 6.92 Å². The molecule has 0 bridgehead atoms. The van der Waals surface area contributed by atoms with Crippen LogP contribution in [0.2, 0.25) is 0 Å². The first-order valence-electron chi connectivity index (χ1n) is 7.71. The standard InChI is InChI=1S/C20H17NO4/c1-12-7-8-15(20(23)24)10-17(12)21-19(22)16-9-13-5-3-4-6-14(13)11-18(16)25-2/h3-11H,1-2H3,(H,21,22)(H,23,24). The van der Waals surface area contributed by atoms with Gasteiger partial charge in [0, 0.05) is 5.69 Å². The third-order valence-corrected chi connectivity index (χ3v) is 4.05. The van der Waals surface area contributed by atoms with Crippen LogP contribution in [0.5, 0.6) is 5.75 Å². The zero-order valence-electron chi connectivity index (χ0n) is 13.9. The van der Waals surface area contributed by atoms with Crippen LogP contribution in [0.25, 0.3) is 10.8 Å². The van der Waals surface area contributed by atoms with Gasteiger partial charge in [-0.15, -0.1) is 0 Å². The van der Waals surface area contributed by atoms with E-state index in [1.807, 2.05) is 30.3 Å². The van der Waals surface area contributed by atoms with Crippen molar-refractivity contribution in [2.24, 2.45) is 0 Å². The number of hydrogen-bond acceptors (Lipinski definition) is 3. The van der Waals surface area contributed by atoms with E-state index in [1.165, 1.54) is 19.2 Å². The molecule has 1 amide bonds. The minimum absolute atomic E-state index is 0.117. The number of carbonyl (C=O) groups excluding carboxylic acids is 1. The second-order valence-electron chi connectivity index (χ2n) is 5.69. The lowest BCUT2D eigenvalue weighted by atomic mass is 10.0. The molecule has 0 spiro atoms. The summed E-state index contributed by atoms with van der Waals surface area (Å²) >= 11 is 0. The molecular weight excluding hydrogens is 318 g/mol. The molecule has 0 atom stereocenters. The number of amides is 1. The molecule has 0 heterocycles. The number of nitrogens with one attached hydrogen (secondary N) is 1. The van der Waals surface area contributed by atoms with E-state index in [2.05, 4.69) is 5.32 Å². The van der Waals surface area contributed by atoms with Crippen molar-refractivity contribution >= 4 is 28.3 Å². The quantitative estimate of drug-likeness (QED) is 0.752. The number of benzene rings is 3. The van der Waals surface area contributed by atoms with E-state index in [9.17, 15) is 9.59 Å². The van der Waals surface area contributed by atoms with Crippen LogP contribution in [0.1, 0.15) is 26.3 Å². The van der Waals surface area contributed by atoms with Crippen LogP contribution in [0.4, 0.5) is 5.69 Å². The average Bonchev–Trinajstić information content (AvgIpc) is 2.62. The highest BCUT2D eigenvalue weighted by Crippen LogP contribution is 2.27. The Morgan fingerprint density at radius 1 is 1.00 bits per heavy atom. The molecule has 0 radical (unpaired) electrons. The number of anilines is 1. The van der Waals surface area contributed by atoms with Gasteiger partial charge in [0.1, 0.15) is 5.75 Å². The van der Waals surface area contributed by atoms with Crippen LogP contribution in [-0.2, 0) is 0 Å². The Kier molecular flexibility index (Phi) is 4.39. The van der Waals surface area contributed by atoms with Crippen molar-refractivity contribution < 1.29 is 19.4 Å². The third-order valence-electron chi connectivity index (χ3n) is 4.05. The maximum atomic E-state index is 12.7. The number of carboxylic acid groups (broad SMARTS) is 1. The van der Waals surface area contributed by atoms with E-state index < -0.39 is 5.97 Å². The Morgan fingerprint density at radius 3 is 2.32 bits per heavy atom. The molecule has 3 aromatic carbocycles. The second-order valence-corrected chi connectivity index (χ2v) is 5.69. The Hall–Kier alpha value is -3.34. The lowest BCUT2D eigenvalue weighted by Gasteiger charge is -2.13. The summed E-state index contributed by atoms with van der Waals surface area (Å²) in [5.74, 6) is -0.935. The van der Waals surface area contributed by atoms with Crippen molar-refractivity contribution in [3.05, 3.63) is 71.3 Å². The van der Waals surface area contributed by atoms with E-state index in [-0.39, 0.29) is 11.5 Å². The number of carbonyl (C=O) groups is 2. The van der Waals surface area contributed by atoms with Crippen LogP contribution in [0.3, 0.4) is 0 Å². The van der Waals surface area contributed by atoms with Crippen LogP contribution in [-0.4, -0.2) is 24.1 Å². The molecule has 2 N–H and O–H groups in total. The Morgan fingerprint density at radius 2 is 1.68 bits per heavy atom. The number of aryl methyl sites for hydroxylation is 1. The Balaban J connectivity index is 2.00. The summed E-state index contributed by atoms with van der Waals surface area (Å²) in [5.41, 5.74) is 1.74. The smallest absolute Gasteiger partial charge is 0.335 e. The number of rotatable bonds is 4. The fourth-order valence-corrected chi connectivity index (χ4v) is 2.65. The number of ether oxygens (including phenoxy) is 1. The first kappa shape index (κ1) is 16.5. The van der Waals surface area contributed by atoms with Gasteiger partial charge in [0.25, 0.3) is 5.91 Å². The lowest BCUT2D eigenvalue weighted by Crippen LogP contribution is -2.14. The van der Waals surface area contributed by atoms with Gasteiger partial charge in [-0.25, -0.2) is 4.79 Å². The van der Waals surface area contributed by atoms with Gasteiger partial charge in [0.2, 0.25) is 0 Å². The third kappa shape index (κ3) is 3.30. The van der Waals surface area contributed by atoms with E-state index in [0.717, 1.165) is 16.3 Å². The topological polar surface area (TPSA) is 75.6 Å². The fraction of sp³-hybridized carbons (Fsp3) is 0.100. The van der Waals surface area contributed by atoms with Crippen molar-refractivity contribution in [2.75, 3.05) is 12.4 Å². The SMILES string of the molecule is COc1cc2ccccc2cc1C(=O)Nc1cc(C(=O)O)ccc1C. The minimum Gasteiger partial charge on any atom is -0.496 e. The van der Waals surface area contributed by atoms with Gasteiger partial charge in [0.15, 0.2) is 0 Å². The highest BCUT2D eigenvalue weighted by molar-refractivity contribution is 6.09.